The van der Waals surface area contributed by atoms with E-state index in [1.807, 2.05) is 0 Å². The van der Waals surface area contributed by atoms with Gasteiger partial charge in [0.25, 0.3) is 0 Å². The first-order valence-electron chi connectivity index (χ1n) is 23.5. The summed E-state index contributed by atoms with van der Waals surface area (Å²) in [7, 11) is 0. The van der Waals surface area contributed by atoms with E-state index in [0.29, 0.717) is 6.17 Å². The van der Waals surface area contributed by atoms with Crippen LogP contribution in [0.3, 0.4) is 0 Å². The predicted octanol–water partition coefficient (Wildman–Crippen LogP) is 16.7. The van der Waals surface area contributed by atoms with Crippen molar-refractivity contribution >= 4 is 0 Å². The van der Waals surface area contributed by atoms with Gasteiger partial charge in [-0.25, -0.2) is 0 Å². The van der Waals surface area contributed by atoms with Crippen molar-refractivity contribution in [1.82, 2.24) is 9.80 Å². The molecule has 1 atom stereocenters. The van der Waals surface area contributed by atoms with E-state index in [1.165, 1.54) is 264 Å². The van der Waals surface area contributed by atoms with Crippen molar-refractivity contribution in [2.24, 2.45) is 0 Å². The van der Waals surface area contributed by atoms with Crippen LogP contribution in [-0.4, -0.2) is 29.1 Å². The van der Waals surface area contributed by atoms with Crippen LogP contribution in [0.15, 0.2) is 12.4 Å². The van der Waals surface area contributed by atoms with Crippen LogP contribution in [0.5, 0.6) is 0 Å². The molecule has 0 aromatic rings. The van der Waals surface area contributed by atoms with Gasteiger partial charge in [0.05, 0.1) is 0 Å². The topological polar surface area (TPSA) is 6.48 Å². The zero-order chi connectivity index (χ0) is 35.1. The average molecular weight is 687 g/mol. The molecule has 0 aromatic carbocycles. The monoisotopic (exact) mass is 687 g/mol. The molecule has 0 N–H and O–H groups in total. The van der Waals surface area contributed by atoms with E-state index in [0.717, 1.165) is 0 Å². The minimum absolute atomic E-state index is 0.638. The quantitative estimate of drug-likeness (QED) is 0.0591. The third-order valence-corrected chi connectivity index (χ3v) is 11.6. The Labute approximate surface area is 311 Å². The van der Waals surface area contributed by atoms with Gasteiger partial charge in [0.2, 0.25) is 0 Å². The van der Waals surface area contributed by atoms with Gasteiger partial charge in [0, 0.05) is 25.5 Å². The van der Waals surface area contributed by atoms with Gasteiger partial charge in [-0.15, -0.1) is 0 Å². The Bertz CT molecular complexity index is 644. The predicted molar refractivity (Wildman–Crippen MR) is 223 cm³/mol. The first kappa shape index (κ1) is 46.4. The molecule has 292 valence electrons. The molecule has 1 rings (SSSR count). The third-order valence-electron chi connectivity index (χ3n) is 11.6. The summed E-state index contributed by atoms with van der Waals surface area (Å²) >= 11 is 0. The first-order valence-corrected chi connectivity index (χ1v) is 23.5. The van der Waals surface area contributed by atoms with Crippen LogP contribution in [0.1, 0.15) is 271 Å². The summed E-state index contributed by atoms with van der Waals surface area (Å²) in [6.45, 7) is 9.49. The van der Waals surface area contributed by atoms with Crippen LogP contribution >= 0.6 is 0 Å². The Morgan fingerprint density at radius 1 is 0.265 bits per heavy atom. The maximum Gasteiger partial charge on any atom is 0.101 e. The Morgan fingerprint density at radius 2 is 0.469 bits per heavy atom. The highest BCUT2D eigenvalue weighted by Gasteiger charge is 2.24. The van der Waals surface area contributed by atoms with E-state index in [1.54, 1.807) is 0 Å². The zero-order valence-corrected chi connectivity index (χ0v) is 34.6. The Kier molecular flexibility index (Phi) is 36.5. The molecule has 0 radical (unpaired) electrons. The van der Waals surface area contributed by atoms with Gasteiger partial charge in [-0.3, -0.25) is 0 Å². The van der Waals surface area contributed by atoms with Gasteiger partial charge < -0.3 is 9.80 Å². The second kappa shape index (κ2) is 38.6. The van der Waals surface area contributed by atoms with Crippen LogP contribution in [0.25, 0.3) is 0 Å². The van der Waals surface area contributed by atoms with E-state index in [4.69, 9.17) is 0 Å². The summed E-state index contributed by atoms with van der Waals surface area (Å²) in [5.74, 6) is 0. The van der Waals surface area contributed by atoms with E-state index in [-0.39, 0.29) is 0 Å². The highest BCUT2D eigenvalue weighted by Crippen LogP contribution is 2.24. The fourth-order valence-corrected chi connectivity index (χ4v) is 8.13. The number of hydrogen-bond donors (Lipinski definition) is 0. The number of hydrogen-bond acceptors (Lipinski definition) is 2. The highest BCUT2D eigenvalue weighted by atomic mass is 15.4. The summed E-state index contributed by atoms with van der Waals surface area (Å²) in [4.78, 5) is 5.45. The van der Waals surface area contributed by atoms with Crippen molar-refractivity contribution in [2.75, 3.05) is 13.1 Å². The molecule has 0 aliphatic carbocycles. The largest absolute Gasteiger partial charge is 0.356 e. The van der Waals surface area contributed by atoms with Crippen molar-refractivity contribution in [3.8, 4) is 0 Å². The van der Waals surface area contributed by atoms with Crippen LogP contribution in [-0.2, 0) is 0 Å². The standard InChI is InChI=1S/C47H94N2/c1-4-7-10-13-16-18-20-22-24-25-27-29-31-33-35-38-41-44-49-46-45-48(43-40-37-15-12-9-6-3)47(49)42-39-36-34-32-30-28-26-23-21-19-17-14-11-8-5-2/h45-47H,4-44H2,1-3H3. The minimum Gasteiger partial charge on any atom is -0.356 e. The molecule has 1 aliphatic rings. The molecule has 2 nitrogen and oxygen atoms in total. The number of rotatable bonds is 41. The van der Waals surface area contributed by atoms with Gasteiger partial charge in [-0.2, -0.15) is 0 Å². The molecular weight excluding hydrogens is 593 g/mol. The molecule has 0 saturated carbocycles. The summed E-state index contributed by atoms with van der Waals surface area (Å²) in [5, 5.41) is 0. The lowest BCUT2D eigenvalue weighted by Crippen LogP contribution is -2.39. The molecule has 0 bridgehead atoms. The van der Waals surface area contributed by atoms with Crippen molar-refractivity contribution < 1.29 is 0 Å². The molecule has 0 spiro atoms. The van der Waals surface area contributed by atoms with Crippen LogP contribution in [0, 0.1) is 0 Å². The molecule has 1 unspecified atom stereocenters. The summed E-state index contributed by atoms with van der Waals surface area (Å²) in [5.41, 5.74) is 0. The van der Waals surface area contributed by atoms with Gasteiger partial charge in [0.1, 0.15) is 6.17 Å². The second-order valence-electron chi connectivity index (χ2n) is 16.4. The van der Waals surface area contributed by atoms with Crippen LogP contribution in [0.4, 0.5) is 0 Å². The van der Waals surface area contributed by atoms with Gasteiger partial charge in [-0.1, -0.05) is 245 Å². The fourth-order valence-electron chi connectivity index (χ4n) is 8.13. The Morgan fingerprint density at radius 3 is 0.714 bits per heavy atom. The van der Waals surface area contributed by atoms with E-state index >= 15 is 0 Å². The van der Waals surface area contributed by atoms with Crippen molar-refractivity contribution in [1.29, 1.82) is 0 Å². The molecule has 2 heteroatoms. The lowest BCUT2D eigenvalue weighted by Gasteiger charge is -2.33. The normalized spacial score (nSPS) is 14.6. The fraction of sp³-hybridized carbons (Fsp3) is 0.957. The molecule has 0 saturated heterocycles. The lowest BCUT2D eigenvalue weighted by atomic mass is 10.0. The average Bonchev–Trinajstić information content (AvgIpc) is 3.50. The molecule has 0 fully saturated rings. The SMILES string of the molecule is CCCCCCCCCCCCCCCCCCCN1C=CN(CCCCCCCC)C1CCCCCCCCCCCCCCCCC. The number of unbranched alkanes of at least 4 members (excludes halogenated alkanes) is 35. The van der Waals surface area contributed by atoms with Gasteiger partial charge in [-0.05, 0) is 25.7 Å². The van der Waals surface area contributed by atoms with Crippen LogP contribution in [0.2, 0.25) is 0 Å². The van der Waals surface area contributed by atoms with Gasteiger partial charge >= 0.3 is 0 Å². The minimum atomic E-state index is 0.638. The zero-order valence-electron chi connectivity index (χ0n) is 34.6. The van der Waals surface area contributed by atoms with Gasteiger partial charge in [0.15, 0.2) is 0 Å². The Hall–Kier alpha value is -0.660. The summed E-state index contributed by atoms with van der Waals surface area (Å²) in [6, 6.07) is 0. The summed E-state index contributed by atoms with van der Waals surface area (Å²) in [6.07, 6.45) is 61.9. The maximum atomic E-state index is 2.73. The smallest absolute Gasteiger partial charge is 0.101 e. The molecular formula is C47H94N2. The van der Waals surface area contributed by atoms with E-state index in [9.17, 15) is 0 Å². The second-order valence-corrected chi connectivity index (χ2v) is 16.4. The molecule has 0 amide bonds. The van der Waals surface area contributed by atoms with E-state index < -0.39 is 0 Å². The lowest BCUT2D eigenvalue weighted by molar-refractivity contribution is 0.135. The van der Waals surface area contributed by atoms with Crippen molar-refractivity contribution in [3.63, 3.8) is 0 Å². The Balaban J connectivity index is 2.11. The molecule has 0 aromatic heterocycles. The van der Waals surface area contributed by atoms with Crippen LogP contribution < -0.4 is 0 Å². The summed E-state index contributed by atoms with van der Waals surface area (Å²) < 4.78 is 0. The van der Waals surface area contributed by atoms with E-state index in [2.05, 4.69) is 43.0 Å². The molecule has 1 aliphatic heterocycles. The van der Waals surface area contributed by atoms with Crippen molar-refractivity contribution in [2.45, 2.75) is 277 Å². The molecule has 1 heterocycles. The highest BCUT2D eigenvalue weighted by molar-refractivity contribution is 4.97. The maximum absolute atomic E-state index is 2.73. The number of nitrogens with zero attached hydrogens (tertiary/aromatic N) is 2. The van der Waals surface area contributed by atoms with Crippen molar-refractivity contribution in [3.05, 3.63) is 12.4 Å². The first-order chi connectivity index (χ1) is 24.3. The third kappa shape index (κ3) is 30.7. The molecule has 49 heavy (non-hydrogen) atoms.